The molecule has 2 aliphatic rings. The normalized spacial score (nSPS) is 17.8. The molecule has 4 heterocycles. The number of thiazole rings is 1. The van der Waals surface area contributed by atoms with Crippen LogP contribution in [0.15, 0.2) is 87.1 Å². The molecule has 2 N–H and O–H groups in total. The molecule has 0 radical (unpaired) electrons. The molecule has 0 aliphatic carbocycles. The van der Waals surface area contributed by atoms with E-state index < -0.39 is 6.04 Å². The summed E-state index contributed by atoms with van der Waals surface area (Å²) in [5.41, 5.74) is 3.93. The highest BCUT2D eigenvalue weighted by molar-refractivity contribution is 7.10. The molecule has 2 amide bonds. The highest BCUT2D eigenvalue weighted by atomic mass is 32.1. The number of aromatic nitrogens is 1. The molecule has 0 spiro atoms. The van der Waals surface area contributed by atoms with Crippen LogP contribution in [0.4, 0.5) is 11.4 Å². The van der Waals surface area contributed by atoms with Gasteiger partial charge in [0.05, 0.1) is 16.8 Å². The summed E-state index contributed by atoms with van der Waals surface area (Å²) in [5.74, 6) is -0.631. The van der Waals surface area contributed by atoms with Crippen LogP contribution in [0.3, 0.4) is 0 Å². The number of aryl methyl sites for hydroxylation is 1. The van der Waals surface area contributed by atoms with Gasteiger partial charge < -0.3 is 10.6 Å². The Kier molecular flexibility index (Phi) is 5.31. The Labute approximate surface area is 213 Å². The average molecular weight is 513 g/mol. The number of carbonyl (C=O) groups excluding carboxylic acids is 2. The number of hydrogen-bond donors (Lipinski definition) is 2. The maximum absolute atomic E-state index is 13.9. The van der Waals surface area contributed by atoms with Gasteiger partial charge in [0.2, 0.25) is 0 Å². The summed E-state index contributed by atoms with van der Waals surface area (Å²) in [6.07, 6.45) is 0. The van der Waals surface area contributed by atoms with E-state index in [1.165, 1.54) is 22.7 Å². The first-order valence-corrected chi connectivity index (χ1v) is 13.0. The first-order chi connectivity index (χ1) is 17.4. The fourth-order valence-corrected chi connectivity index (χ4v) is 6.59. The lowest BCUT2D eigenvalue weighted by Gasteiger charge is -2.24. The Balaban J connectivity index is 1.56. The molecule has 178 valence electrons. The molecule has 2 aliphatic heterocycles. The average Bonchev–Trinajstić information content (AvgIpc) is 3.57. The molecule has 2 aromatic heterocycles. The van der Waals surface area contributed by atoms with Gasteiger partial charge in [-0.25, -0.2) is 4.99 Å². The fourth-order valence-electron chi connectivity index (χ4n) is 4.62. The van der Waals surface area contributed by atoms with E-state index >= 15 is 0 Å². The van der Waals surface area contributed by atoms with Crippen molar-refractivity contribution in [2.45, 2.75) is 19.9 Å². The van der Waals surface area contributed by atoms with E-state index in [0.717, 1.165) is 10.4 Å². The van der Waals surface area contributed by atoms with Crippen LogP contribution in [-0.4, -0.2) is 16.4 Å². The molecular formula is C27H20N4O3S2. The first kappa shape index (κ1) is 22.4. The molecule has 0 saturated heterocycles. The van der Waals surface area contributed by atoms with E-state index in [1.54, 1.807) is 11.5 Å². The van der Waals surface area contributed by atoms with Gasteiger partial charge in [-0.15, -0.1) is 11.3 Å². The van der Waals surface area contributed by atoms with Crippen molar-refractivity contribution in [2.75, 3.05) is 10.6 Å². The van der Waals surface area contributed by atoms with Gasteiger partial charge in [0.25, 0.3) is 17.4 Å². The van der Waals surface area contributed by atoms with E-state index in [-0.39, 0.29) is 17.4 Å². The second-order valence-electron chi connectivity index (χ2n) is 8.56. The molecule has 0 unspecified atom stereocenters. The number of benzene rings is 2. The third kappa shape index (κ3) is 3.47. The van der Waals surface area contributed by atoms with Crippen LogP contribution in [0.2, 0.25) is 0 Å². The number of allylic oxidation sites excluding steroid dienone is 1. The number of thiophene rings is 1. The minimum absolute atomic E-state index is 0.311. The molecule has 1 atom stereocenters. The van der Waals surface area contributed by atoms with Crippen LogP contribution in [0.5, 0.6) is 0 Å². The van der Waals surface area contributed by atoms with Gasteiger partial charge in [0, 0.05) is 21.8 Å². The number of carbonyl (C=O) groups is 2. The Bertz CT molecular complexity index is 1780. The fraction of sp³-hybridized carbons (Fsp3) is 0.111. The summed E-state index contributed by atoms with van der Waals surface area (Å²) < 4.78 is 1.86. The molecule has 0 fully saturated rings. The number of nitrogens with zero attached hydrogens (tertiary/aromatic N) is 2. The predicted octanol–water partition coefficient (Wildman–Crippen LogP) is 3.57. The van der Waals surface area contributed by atoms with E-state index in [9.17, 15) is 14.4 Å². The highest BCUT2D eigenvalue weighted by Crippen LogP contribution is 2.34. The lowest BCUT2D eigenvalue weighted by atomic mass is 10.0. The van der Waals surface area contributed by atoms with E-state index in [0.29, 0.717) is 43.1 Å². The third-order valence-corrected chi connectivity index (χ3v) is 8.32. The van der Waals surface area contributed by atoms with Crippen LogP contribution < -0.4 is 25.5 Å². The van der Waals surface area contributed by atoms with E-state index in [2.05, 4.69) is 15.6 Å². The Morgan fingerprint density at radius 1 is 1.03 bits per heavy atom. The quantitative estimate of drug-likeness (QED) is 0.440. The molecular weight excluding hydrogens is 492 g/mol. The monoisotopic (exact) mass is 512 g/mol. The van der Waals surface area contributed by atoms with Crippen molar-refractivity contribution in [1.29, 1.82) is 0 Å². The number of fused-ring (bicyclic) bond motifs is 2. The van der Waals surface area contributed by atoms with Gasteiger partial charge >= 0.3 is 0 Å². The number of hydrogen-bond acceptors (Lipinski definition) is 6. The van der Waals surface area contributed by atoms with Gasteiger partial charge in [0.1, 0.15) is 10.6 Å². The summed E-state index contributed by atoms with van der Waals surface area (Å²) in [5, 5.41) is 7.76. The standard InChI is InChI=1S/C27H20N4O3S2/c1-14-8-3-5-10-17(14)29-24(32)20-15(2)28-27-31(22(20)19-12-7-13-35-19)26(34)23(36-27)21-16-9-4-6-11-18(16)30-25(21)33/h3-13,22H,1-2H3,(H,29,32)(H,30,33)/b23-21+/t22-/m1/s1. The molecule has 2 aromatic carbocycles. The van der Waals surface area contributed by atoms with Crippen molar-refractivity contribution >= 4 is 51.4 Å². The highest BCUT2D eigenvalue weighted by Gasteiger charge is 2.35. The summed E-state index contributed by atoms with van der Waals surface area (Å²) in [7, 11) is 0. The molecule has 0 saturated carbocycles. The SMILES string of the molecule is CC1=C(C(=O)Nc2ccccc2C)[C@@H](c2cccs2)n2c(s/c(=C3/C(=O)Nc4ccccc43)c2=O)=N1. The van der Waals surface area contributed by atoms with Crippen molar-refractivity contribution < 1.29 is 9.59 Å². The van der Waals surface area contributed by atoms with Gasteiger partial charge in [-0.2, -0.15) is 0 Å². The molecule has 7 nitrogen and oxygen atoms in total. The van der Waals surface area contributed by atoms with Crippen LogP contribution >= 0.6 is 22.7 Å². The smallest absolute Gasteiger partial charge is 0.272 e. The Hall–Kier alpha value is -4.08. The number of nitrogens with one attached hydrogen (secondary N) is 2. The number of rotatable bonds is 3. The zero-order valence-electron chi connectivity index (χ0n) is 19.4. The second kappa shape index (κ2) is 8.54. The Morgan fingerprint density at radius 2 is 1.81 bits per heavy atom. The zero-order chi connectivity index (χ0) is 25.0. The summed E-state index contributed by atoms with van der Waals surface area (Å²) in [6.45, 7) is 3.71. The van der Waals surface area contributed by atoms with Crippen molar-refractivity contribution in [2.24, 2.45) is 4.99 Å². The topological polar surface area (TPSA) is 92.6 Å². The third-order valence-electron chi connectivity index (χ3n) is 6.35. The van der Waals surface area contributed by atoms with Crippen molar-refractivity contribution in [3.8, 4) is 0 Å². The Morgan fingerprint density at radius 3 is 2.58 bits per heavy atom. The van der Waals surface area contributed by atoms with Crippen LogP contribution in [0, 0.1) is 6.92 Å². The first-order valence-electron chi connectivity index (χ1n) is 11.3. The lowest BCUT2D eigenvalue weighted by molar-refractivity contribution is -0.113. The molecule has 36 heavy (non-hydrogen) atoms. The number of amides is 2. The van der Waals surface area contributed by atoms with Gasteiger partial charge in [0.15, 0.2) is 4.80 Å². The second-order valence-corrected chi connectivity index (χ2v) is 10.5. The van der Waals surface area contributed by atoms with Crippen molar-refractivity contribution in [1.82, 2.24) is 4.57 Å². The number of para-hydroxylation sites is 2. The van der Waals surface area contributed by atoms with Crippen LogP contribution in [0.1, 0.15) is 29.0 Å². The summed E-state index contributed by atoms with van der Waals surface area (Å²) >= 11 is 2.64. The number of anilines is 2. The van der Waals surface area contributed by atoms with E-state index in [4.69, 9.17) is 0 Å². The summed E-state index contributed by atoms with van der Waals surface area (Å²) in [6, 6.07) is 18.0. The van der Waals surface area contributed by atoms with Gasteiger partial charge in [-0.05, 0) is 43.0 Å². The van der Waals surface area contributed by atoms with Gasteiger partial charge in [-0.3, -0.25) is 19.0 Å². The van der Waals surface area contributed by atoms with E-state index in [1.807, 2.05) is 73.0 Å². The molecule has 6 rings (SSSR count). The van der Waals surface area contributed by atoms with Crippen molar-refractivity contribution in [3.63, 3.8) is 0 Å². The molecule has 9 heteroatoms. The molecule has 0 bridgehead atoms. The van der Waals surface area contributed by atoms with Crippen molar-refractivity contribution in [3.05, 3.63) is 113 Å². The zero-order valence-corrected chi connectivity index (χ0v) is 21.0. The largest absolute Gasteiger partial charge is 0.322 e. The lowest BCUT2D eigenvalue weighted by Crippen LogP contribution is -2.41. The maximum Gasteiger partial charge on any atom is 0.272 e. The predicted molar refractivity (Wildman–Crippen MR) is 142 cm³/mol. The van der Waals surface area contributed by atoms with Crippen LogP contribution in [-0.2, 0) is 9.59 Å². The molecule has 4 aromatic rings. The maximum atomic E-state index is 13.9. The van der Waals surface area contributed by atoms with Crippen LogP contribution in [0.25, 0.3) is 5.57 Å². The minimum atomic E-state index is -0.653. The van der Waals surface area contributed by atoms with Gasteiger partial charge in [-0.1, -0.05) is 53.8 Å². The summed E-state index contributed by atoms with van der Waals surface area (Å²) in [4.78, 5) is 46.4. The minimum Gasteiger partial charge on any atom is -0.322 e.